The molecule has 3 rings (SSSR count). The van der Waals surface area contributed by atoms with E-state index in [-0.39, 0.29) is 6.10 Å². The Labute approximate surface area is 126 Å². The zero-order valence-corrected chi connectivity index (χ0v) is 12.7. The highest BCUT2D eigenvalue weighted by atomic mass is 16.5. The van der Waals surface area contributed by atoms with Gasteiger partial charge in [-0.2, -0.15) is 0 Å². The van der Waals surface area contributed by atoms with Crippen LogP contribution in [0.5, 0.6) is 5.75 Å². The summed E-state index contributed by atoms with van der Waals surface area (Å²) in [5, 5.41) is 4.71. The van der Waals surface area contributed by atoms with Crippen LogP contribution in [0, 0.1) is 0 Å². The summed E-state index contributed by atoms with van der Waals surface area (Å²) in [5.74, 6) is 0.968. The number of rotatable bonds is 4. The van der Waals surface area contributed by atoms with Gasteiger partial charge in [-0.3, -0.25) is 4.98 Å². The summed E-state index contributed by atoms with van der Waals surface area (Å²) in [4.78, 5) is 4.41. The average molecular weight is 284 g/mol. The fourth-order valence-electron chi connectivity index (χ4n) is 3.25. The normalized spacial score (nSPS) is 22.9. The van der Waals surface area contributed by atoms with Crippen LogP contribution in [0.25, 0.3) is 10.9 Å². The van der Waals surface area contributed by atoms with Gasteiger partial charge in [-0.25, -0.2) is 0 Å². The number of nitrogens with one attached hydrogen (secondary N) is 1. The lowest BCUT2D eigenvalue weighted by molar-refractivity contribution is 0.147. The molecule has 0 aliphatic heterocycles. The van der Waals surface area contributed by atoms with Crippen molar-refractivity contribution in [3.63, 3.8) is 0 Å². The van der Waals surface area contributed by atoms with Crippen LogP contribution in [-0.2, 0) is 0 Å². The van der Waals surface area contributed by atoms with E-state index in [0.29, 0.717) is 6.04 Å². The molecule has 1 fully saturated rings. The quantitative estimate of drug-likeness (QED) is 0.864. The van der Waals surface area contributed by atoms with Gasteiger partial charge in [0.25, 0.3) is 0 Å². The van der Waals surface area contributed by atoms with Gasteiger partial charge in [-0.1, -0.05) is 25.8 Å². The molecule has 0 amide bonds. The van der Waals surface area contributed by atoms with E-state index >= 15 is 0 Å². The van der Waals surface area contributed by atoms with E-state index in [1.165, 1.54) is 25.7 Å². The molecule has 1 saturated carbocycles. The monoisotopic (exact) mass is 284 g/mol. The average Bonchev–Trinajstić information content (AvgIpc) is 2.74. The second-order valence-corrected chi connectivity index (χ2v) is 5.78. The Hall–Kier alpha value is -1.61. The molecule has 0 bridgehead atoms. The van der Waals surface area contributed by atoms with E-state index in [0.717, 1.165) is 29.6 Å². The Morgan fingerprint density at radius 2 is 2.05 bits per heavy atom. The molecule has 2 aromatic rings. The minimum Gasteiger partial charge on any atom is -0.488 e. The summed E-state index contributed by atoms with van der Waals surface area (Å²) in [6.45, 7) is 3.17. The van der Waals surface area contributed by atoms with Gasteiger partial charge in [-0.05, 0) is 50.1 Å². The van der Waals surface area contributed by atoms with Gasteiger partial charge in [0.2, 0.25) is 0 Å². The molecular weight excluding hydrogens is 260 g/mol. The molecule has 1 aliphatic rings. The Kier molecular flexibility index (Phi) is 4.71. The summed E-state index contributed by atoms with van der Waals surface area (Å²) in [6, 6.07) is 10.7. The van der Waals surface area contributed by atoms with Crippen molar-refractivity contribution >= 4 is 10.9 Å². The van der Waals surface area contributed by atoms with E-state index in [1.54, 1.807) is 0 Å². The van der Waals surface area contributed by atoms with Crippen LogP contribution in [0.4, 0.5) is 0 Å². The summed E-state index contributed by atoms with van der Waals surface area (Å²) in [6.07, 6.45) is 8.32. The molecule has 0 radical (unpaired) electrons. The van der Waals surface area contributed by atoms with Gasteiger partial charge in [0, 0.05) is 17.6 Å². The van der Waals surface area contributed by atoms with Crippen LogP contribution in [0.2, 0.25) is 0 Å². The molecule has 1 aromatic carbocycles. The van der Waals surface area contributed by atoms with Gasteiger partial charge in [0.15, 0.2) is 0 Å². The molecule has 2 unspecified atom stereocenters. The lowest BCUT2D eigenvalue weighted by atomic mass is 10.1. The summed E-state index contributed by atoms with van der Waals surface area (Å²) < 4.78 is 6.41. The van der Waals surface area contributed by atoms with Crippen molar-refractivity contribution in [3.05, 3.63) is 36.5 Å². The first-order valence-electron chi connectivity index (χ1n) is 8.12. The highest BCUT2D eigenvalue weighted by Gasteiger charge is 2.25. The predicted molar refractivity (Wildman–Crippen MR) is 86.7 cm³/mol. The number of pyridine rings is 1. The van der Waals surface area contributed by atoms with Gasteiger partial charge < -0.3 is 10.1 Å². The molecular formula is C18H24N2O. The van der Waals surface area contributed by atoms with Crippen molar-refractivity contribution in [2.24, 2.45) is 0 Å². The van der Waals surface area contributed by atoms with Crippen molar-refractivity contribution in [3.8, 4) is 5.75 Å². The van der Waals surface area contributed by atoms with Gasteiger partial charge in [0.1, 0.15) is 11.9 Å². The third-order valence-electron chi connectivity index (χ3n) is 4.30. The topological polar surface area (TPSA) is 34.1 Å². The van der Waals surface area contributed by atoms with Crippen molar-refractivity contribution in [2.45, 2.75) is 51.2 Å². The van der Waals surface area contributed by atoms with Crippen molar-refractivity contribution in [1.29, 1.82) is 0 Å². The van der Waals surface area contributed by atoms with Crippen LogP contribution >= 0.6 is 0 Å². The molecule has 1 aliphatic carbocycles. The van der Waals surface area contributed by atoms with Crippen molar-refractivity contribution < 1.29 is 4.74 Å². The number of aromatic nitrogens is 1. The van der Waals surface area contributed by atoms with Crippen molar-refractivity contribution in [1.82, 2.24) is 10.3 Å². The number of ether oxygens (including phenoxy) is 1. The number of likely N-dealkylation sites (N-methyl/N-ethyl adjacent to an activating group) is 1. The number of nitrogens with zero attached hydrogens (tertiary/aromatic N) is 1. The predicted octanol–water partition coefficient (Wildman–Crippen LogP) is 3.92. The van der Waals surface area contributed by atoms with Gasteiger partial charge in [0.05, 0.1) is 5.52 Å². The van der Waals surface area contributed by atoms with E-state index in [2.05, 4.69) is 29.4 Å². The highest BCUT2D eigenvalue weighted by Crippen LogP contribution is 2.28. The fraction of sp³-hybridized carbons (Fsp3) is 0.500. The lowest BCUT2D eigenvalue weighted by Crippen LogP contribution is -2.42. The third-order valence-corrected chi connectivity index (χ3v) is 4.30. The molecule has 0 spiro atoms. The molecule has 112 valence electrons. The second kappa shape index (κ2) is 6.90. The molecule has 2 atom stereocenters. The maximum absolute atomic E-state index is 6.41. The van der Waals surface area contributed by atoms with Gasteiger partial charge >= 0.3 is 0 Å². The Balaban J connectivity index is 1.85. The zero-order valence-electron chi connectivity index (χ0n) is 12.7. The zero-order chi connectivity index (χ0) is 14.5. The summed E-state index contributed by atoms with van der Waals surface area (Å²) in [7, 11) is 0. The lowest BCUT2D eigenvalue weighted by Gasteiger charge is -2.27. The number of hydrogen-bond acceptors (Lipinski definition) is 3. The molecule has 1 heterocycles. The first-order valence-corrected chi connectivity index (χ1v) is 8.12. The van der Waals surface area contributed by atoms with E-state index in [9.17, 15) is 0 Å². The number of hydrogen-bond donors (Lipinski definition) is 1. The minimum absolute atomic E-state index is 0.262. The Bertz CT molecular complexity index is 579. The molecule has 1 aromatic heterocycles. The van der Waals surface area contributed by atoms with Crippen LogP contribution < -0.4 is 10.1 Å². The third kappa shape index (κ3) is 3.35. The molecule has 3 heteroatoms. The first-order chi connectivity index (χ1) is 10.4. The molecule has 1 N–H and O–H groups in total. The maximum atomic E-state index is 6.41. The first kappa shape index (κ1) is 14.3. The minimum atomic E-state index is 0.262. The van der Waals surface area contributed by atoms with E-state index in [4.69, 9.17) is 4.74 Å². The van der Waals surface area contributed by atoms with Crippen LogP contribution in [0.3, 0.4) is 0 Å². The Morgan fingerprint density at radius 3 is 2.95 bits per heavy atom. The summed E-state index contributed by atoms with van der Waals surface area (Å²) in [5.41, 5.74) is 1.00. The second-order valence-electron chi connectivity index (χ2n) is 5.78. The number of benzene rings is 1. The fourth-order valence-corrected chi connectivity index (χ4v) is 3.25. The molecule has 0 saturated heterocycles. The largest absolute Gasteiger partial charge is 0.488 e. The van der Waals surface area contributed by atoms with E-state index in [1.807, 2.05) is 24.4 Å². The highest BCUT2D eigenvalue weighted by molar-refractivity contribution is 5.84. The number of fused-ring (bicyclic) bond motifs is 1. The molecule has 21 heavy (non-hydrogen) atoms. The van der Waals surface area contributed by atoms with Gasteiger partial charge in [-0.15, -0.1) is 0 Å². The Morgan fingerprint density at radius 1 is 1.14 bits per heavy atom. The van der Waals surface area contributed by atoms with Crippen molar-refractivity contribution in [2.75, 3.05) is 6.54 Å². The maximum Gasteiger partial charge on any atom is 0.129 e. The standard InChI is InChI=1S/C18H24N2O/c1-2-19-16-9-4-3-5-11-18(16)21-17-12-6-10-15-14(17)8-7-13-20-15/h6-8,10,12-13,16,18-19H,2-5,9,11H2,1H3. The summed E-state index contributed by atoms with van der Waals surface area (Å²) >= 11 is 0. The smallest absolute Gasteiger partial charge is 0.129 e. The molecule has 3 nitrogen and oxygen atoms in total. The van der Waals surface area contributed by atoms with E-state index < -0.39 is 0 Å². The van der Waals surface area contributed by atoms with Crippen LogP contribution in [-0.4, -0.2) is 23.7 Å². The van der Waals surface area contributed by atoms with Crippen LogP contribution in [0.1, 0.15) is 39.0 Å². The SMILES string of the molecule is CCNC1CCCCCC1Oc1cccc2ncccc12. The van der Waals surface area contributed by atoms with Crippen LogP contribution in [0.15, 0.2) is 36.5 Å².